The predicted molar refractivity (Wildman–Crippen MR) is 78.9 cm³/mol. The molecular formula is C15H24N4O2. The van der Waals surface area contributed by atoms with E-state index < -0.39 is 11.5 Å². The first-order chi connectivity index (χ1) is 9.98. The number of carboxylic acids is 1. The molecule has 1 aliphatic carbocycles. The van der Waals surface area contributed by atoms with Gasteiger partial charge < -0.3 is 9.67 Å². The number of carboxylic acid groups (broad SMARTS) is 1. The van der Waals surface area contributed by atoms with Crippen LogP contribution in [0.5, 0.6) is 0 Å². The van der Waals surface area contributed by atoms with E-state index in [2.05, 4.69) is 26.7 Å². The van der Waals surface area contributed by atoms with Gasteiger partial charge in [0, 0.05) is 37.6 Å². The Bertz CT molecular complexity index is 525. The molecule has 1 aromatic heterocycles. The summed E-state index contributed by atoms with van der Waals surface area (Å²) in [4.78, 5) is 18.4. The van der Waals surface area contributed by atoms with Crippen LogP contribution in [-0.4, -0.2) is 49.7 Å². The van der Waals surface area contributed by atoms with Gasteiger partial charge in [0.05, 0.1) is 6.54 Å². The second-order valence-electron chi connectivity index (χ2n) is 6.62. The molecule has 1 saturated carbocycles. The van der Waals surface area contributed by atoms with E-state index in [9.17, 15) is 9.90 Å². The molecule has 21 heavy (non-hydrogen) atoms. The summed E-state index contributed by atoms with van der Waals surface area (Å²) >= 11 is 0. The van der Waals surface area contributed by atoms with Crippen LogP contribution in [0.15, 0.2) is 12.4 Å². The quantitative estimate of drug-likeness (QED) is 0.821. The SMILES string of the molecule is CC(CC(C)(NC1CC1)C(=O)O)N1CCn2ccnc2C1. The van der Waals surface area contributed by atoms with Crippen molar-refractivity contribution >= 4 is 5.97 Å². The van der Waals surface area contributed by atoms with Gasteiger partial charge in [-0.15, -0.1) is 0 Å². The largest absolute Gasteiger partial charge is 0.480 e. The van der Waals surface area contributed by atoms with Gasteiger partial charge in [0.2, 0.25) is 0 Å². The Balaban J connectivity index is 1.64. The molecule has 2 N–H and O–H groups in total. The monoisotopic (exact) mass is 292 g/mol. The van der Waals surface area contributed by atoms with E-state index in [1.807, 2.05) is 19.3 Å². The number of nitrogens with zero attached hydrogens (tertiary/aromatic N) is 3. The average Bonchev–Trinajstić information content (AvgIpc) is 3.11. The summed E-state index contributed by atoms with van der Waals surface area (Å²) in [5, 5.41) is 12.9. The Morgan fingerprint density at radius 3 is 3.00 bits per heavy atom. The van der Waals surface area contributed by atoms with Gasteiger partial charge >= 0.3 is 5.97 Å². The average molecular weight is 292 g/mol. The van der Waals surface area contributed by atoms with Crippen LogP contribution in [0.1, 0.15) is 38.9 Å². The predicted octanol–water partition coefficient (Wildman–Crippen LogP) is 1.07. The molecule has 1 aromatic rings. The lowest BCUT2D eigenvalue weighted by atomic mass is 9.92. The number of fused-ring (bicyclic) bond motifs is 1. The summed E-state index contributed by atoms with van der Waals surface area (Å²) in [5.41, 5.74) is -0.840. The van der Waals surface area contributed by atoms with Crippen LogP contribution in [0.3, 0.4) is 0 Å². The van der Waals surface area contributed by atoms with Crippen LogP contribution in [0.4, 0.5) is 0 Å². The standard InChI is InChI=1S/C15H24N4O2/c1-11(9-15(2,14(20)21)17-12-3-4-12)19-8-7-18-6-5-16-13(18)10-19/h5-6,11-12,17H,3-4,7-10H2,1-2H3,(H,20,21). The molecule has 1 aliphatic heterocycles. The van der Waals surface area contributed by atoms with Crippen molar-refractivity contribution in [2.24, 2.45) is 0 Å². The number of carbonyl (C=O) groups is 1. The highest BCUT2D eigenvalue weighted by molar-refractivity contribution is 5.78. The molecule has 6 nitrogen and oxygen atoms in total. The van der Waals surface area contributed by atoms with Gasteiger partial charge in [-0.2, -0.15) is 0 Å². The second kappa shape index (κ2) is 5.42. The fourth-order valence-corrected chi connectivity index (χ4v) is 3.17. The van der Waals surface area contributed by atoms with E-state index in [-0.39, 0.29) is 6.04 Å². The van der Waals surface area contributed by atoms with Crippen LogP contribution >= 0.6 is 0 Å². The highest BCUT2D eigenvalue weighted by Crippen LogP contribution is 2.27. The molecule has 2 unspecified atom stereocenters. The first kappa shape index (κ1) is 14.5. The van der Waals surface area contributed by atoms with Gasteiger partial charge in [-0.05, 0) is 33.1 Å². The lowest BCUT2D eigenvalue weighted by Gasteiger charge is -2.37. The van der Waals surface area contributed by atoms with Gasteiger partial charge in [0.25, 0.3) is 0 Å². The van der Waals surface area contributed by atoms with Gasteiger partial charge in [0.1, 0.15) is 11.4 Å². The van der Waals surface area contributed by atoms with E-state index in [1.54, 1.807) is 0 Å². The molecule has 0 aromatic carbocycles. The molecule has 116 valence electrons. The van der Waals surface area contributed by atoms with E-state index in [0.29, 0.717) is 12.5 Å². The van der Waals surface area contributed by atoms with Crippen LogP contribution in [0, 0.1) is 0 Å². The van der Waals surface area contributed by atoms with Gasteiger partial charge in [-0.25, -0.2) is 4.98 Å². The molecule has 3 rings (SSSR count). The molecule has 2 atom stereocenters. The molecule has 6 heteroatoms. The second-order valence-corrected chi connectivity index (χ2v) is 6.62. The molecular weight excluding hydrogens is 268 g/mol. The zero-order valence-electron chi connectivity index (χ0n) is 12.7. The number of hydrogen-bond donors (Lipinski definition) is 2. The highest BCUT2D eigenvalue weighted by Gasteiger charge is 2.40. The zero-order valence-corrected chi connectivity index (χ0v) is 12.7. The molecule has 0 saturated heterocycles. The third-order valence-corrected chi connectivity index (χ3v) is 4.67. The number of nitrogens with one attached hydrogen (secondary N) is 1. The van der Waals surface area contributed by atoms with Crippen molar-refractivity contribution in [1.82, 2.24) is 19.8 Å². The summed E-state index contributed by atoms with van der Waals surface area (Å²) in [6, 6.07) is 0.598. The Kier molecular flexibility index (Phi) is 3.75. The van der Waals surface area contributed by atoms with Crippen LogP contribution in [0.2, 0.25) is 0 Å². The topological polar surface area (TPSA) is 70.4 Å². The number of hydrogen-bond acceptors (Lipinski definition) is 4. The Hall–Kier alpha value is -1.40. The van der Waals surface area contributed by atoms with Gasteiger partial charge in [-0.1, -0.05) is 0 Å². The zero-order chi connectivity index (χ0) is 15.0. The maximum absolute atomic E-state index is 11.7. The van der Waals surface area contributed by atoms with Crippen molar-refractivity contribution in [2.75, 3.05) is 6.54 Å². The van der Waals surface area contributed by atoms with Crippen LogP contribution < -0.4 is 5.32 Å². The van der Waals surface area contributed by atoms with E-state index in [1.165, 1.54) is 0 Å². The number of aliphatic carboxylic acids is 1. The summed E-state index contributed by atoms with van der Waals surface area (Å²) < 4.78 is 2.17. The summed E-state index contributed by atoms with van der Waals surface area (Å²) in [5.74, 6) is 0.319. The summed E-state index contributed by atoms with van der Waals surface area (Å²) in [6.45, 7) is 6.61. The van der Waals surface area contributed by atoms with Crippen molar-refractivity contribution in [2.45, 2.75) is 63.8 Å². The molecule has 2 heterocycles. The van der Waals surface area contributed by atoms with Gasteiger partial charge in [-0.3, -0.25) is 15.0 Å². The Labute approximate surface area is 125 Å². The third kappa shape index (κ3) is 3.11. The lowest BCUT2D eigenvalue weighted by Crippen LogP contribution is -2.54. The maximum Gasteiger partial charge on any atom is 0.323 e. The highest BCUT2D eigenvalue weighted by atomic mass is 16.4. The molecule has 1 fully saturated rings. The number of aromatic nitrogens is 2. The van der Waals surface area contributed by atoms with E-state index in [0.717, 1.165) is 38.3 Å². The van der Waals surface area contributed by atoms with Crippen LogP contribution in [-0.2, 0) is 17.9 Å². The minimum absolute atomic E-state index is 0.211. The molecule has 0 radical (unpaired) electrons. The first-order valence-corrected chi connectivity index (χ1v) is 7.73. The fourth-order valence-electron chi connectivity index (χ4n) is 3.17. The fraction of sp³-hybridized carbons (Fsp3) is 0.733. The third-order valence-electron chi connectivity index (χ3n) is 4.67. The molecule has 0 amide bonds. The number of imidazole rings is 1. The van der Waals surface area contributed by atoms with Crippen molar-refractivity contribution in [1.29, 1.82) is 0 Å². The van der Waals surface area contributed by atoms with Crippen molar-refractivity contribution in [3.05, 3.63) is 18.2 Å². The van der Waals surface area contributed by atoms with E-state index >= 15 is 0 Å². The number of rotatable bonds is 6. The normalized spacial score (nSPS) is 23.3. The minimum Gasteiger partial charge on any atom is -0.480 e. The molecule has 2 aliphatic rings. The molecule has 0 bridgehead atoms. The van der Waals surface area contributed by atoms with Crippen LogP contribution in [0.25, 0.3) is 0 Å². The Morgan fingerprint density at radius 1 is 1.57 bits per heavy atom. The van der Waals surface area contributed by atoms with Crippen molar-refractivity contribution in [3.63, 3.8) is 0 Å². The summed E-state index contributed by atoms with van der Waals surface area (Å²) in [7, 11) is 0. The van der Waals surface area contributed by atoms with Crippen molar-refractivity contribution in [3.8, 4) is 0 Å². The first-order valence-electron chi connectivity index (χ1n) is 7.73. The molecule has 0 spiro atoms. The Morgan fingerprint density at radius 2 is 2.33 bits per heavy atom. The lowest BCUT2D eigenvalue weighted by molar-refractivity contribution is -0.145. The smallest absolute Gasteiger partial charge is 0.323 e. The maximum atomic E-state index is 11.7. The summed E-state index contributed by atoms with van der Waals surface area (Å²) in [6.07, 6.45) is 6.64. The van der Waals surface area contributed by atoms with Crippen molar-refractivity contribution < 1.29 is 9.90 Å². The van der Waals surface area contributed by atoms with E-state index in [4.69, 9.17) is 0 Å². The minimum atomic E-state index is -0.840. The van der Waals surface area contributed by atoms with Gasteiger partial charge in [0.15, 0.2) is 0 Å².